The Morgan fingerprint density at radius 3 is 2.44 bits per heavy atom. The number of hydrogen-bond donors (Lipinski definition) is 0. The normalized spacial score (nSPS) is 15.9. The lowest BCUT2D eigenvalue weighted by Gasteiger charge is -2.34. The van der Waals surface area contributed by atoms with Gasteiger partial charge in [0, 0.05) is 57.9 Å². The highest BCUT2D eigenvalue weighted by molar-refractivity contribution is 5.94. The highest BCUT2D eigenvalue weighted by atomic mass is 16.2. The first-order chi connectivity index (χ1) is 13.2. The monoisotopic (exact) mass is 363 g/mol. The zero-order chi connectivity index (χ0) is 18.6. The zero-order valence-corrected chi connectivity index (χ0v) is 15.7. The predicted molar refractivity (Wildman–Crippen MR) is 107 cm³/mol. The Labute approximate surface area is 159 Å². The van der Waals surface area contributed by atoms with Crippen LogP contribution in [0.5, 0.6) is 0 Å². The van der Waals surface area contributed by atoms with Gasteiger partial charge >= 0.3 is 0 Å². The van der Waals surface area contributed by atoms with Crippen molar-refractivity contribution in [1.29, 1.82) is 0 Å². The number of carbonyl (C=O) groups is 1. The Hall–Kier alpha value is -2.70. The van der Waals surface area contributed by atoms with Gasteiger partial charge in [0.05, 0.1) is 12.2 Å². The van der Waals surface area contributed by atoms with E-state index in [1.807, 2.05) is 61.8 Å². The SMILES string of the molecule is CN(C(=O)CN1CCN(Cc2cn3ccccc3n2)CC1)c1ccccc1. The summed E-state index contributed by atoms with van der Waals surface area (Å²) in [4.78, 5) is 23.6. The lowest BCUT2D eigenvalue weighted by molar-refractivity contribution is -0.119. The minimum atomic E-state index is 0.134. The Morgan fingerprint density at radius 2 is 1.70 bits per heavy atom. The van der Waals surface area contributed by atoms with Gasteiger partial charge in [0.1, 0.15) is 5.65 Å². The van der Waals surface area contributed by atoms with E-state index in [9.17, 15) is 4.79 Å². The number of hydrogen-bond acceptors (Lipinski definition) is 4. The van der Waals surface area contributed by atoms with E-state index in [0.29, 0.717) is 6.54 Å². The molecular weight excluding hydrogens is 338 g/mol. The fraction of sp³-hybridized carbons (Fsp3) is 0.333. The summed E-state index contributed by atoms with van der Waals surface area (Å²) in [6.07, 6.45) is 4.12. The van der Waals surface area contributed by atoms with E-state index in [0.717, 1.165) is 49.8 Å². The Morgan fingerprint density at radius 1 is 1.00 bits per heavy atom. The second kappa shape index (κ2) is 7.90. The fourth-order valence-corrected chi connectivity index (χ4v) is 3.49. The van der Waals surface area contributed by atoms with Crippen molar-refractivity contribution in [3.63, 3.8) is 0 Å². The number of benzene rings is 1. The summed E-state index contributed by atoms with van der Waals surface area (Å²) in [5, 5.41) is 0. The van der Waals surface area contributed by atoms with Gasteiger partial charge in [-0.05, 0) is 24.3 Å². The Balaban J connectivity index is 1.28. The number of piperazine rings is 1. The van der Waals surface area contributed by atoms with Crippen LogP contribution in [-0.4, -0.2) is 64.9 Å². The standard InChI is InChI=1S/C21H25N5O/c1-23(19-7-3-2-4-8-19)21(27)17-25-13-11-24(12-14-25)15-18-16-26-10-6-5-9-20(26)22-18/h2-10,16H,11-15,17H2,1H3. The molecule has 140 valence electrons. The topological polar surface area (TPSA) is 44.1 Å². The number of aromatic nitrogens is 2. The Bertz CT molecular complexity index is 866. The van der Waals surface area contributed by atoms with Crippen LogP contribution >= 0.6 is 0 Å². The molecule has 1 amide bonds. The summed E-state index contributed by atoms with van der Waals surface area (Å²) in [5.41, 5.74) is 3.02. The second-order valence-electron chi connectivity index (χ2n) is 7.04. The second-order valence-corrected chi connectivity index (χ2v) is 7.04. The molecule has 3 aromatic rings. The minimum absolute atomic E-state index is 0.134. The van der Waals surface area contributed by atoms with Crippen LogP contribution < -0.4 is 4.90 Å². The van der Waals surface area contributed by atoms with Crippen LogP contribution in [0.4, 0.5) is 5.69 Å². The van der Waals surface area contributed by atoms with Crippen molar-refractivity contribution in [2.75, 3.05) is 44.7 Å². The van der Waals surface area contributed by atoms with Gasteiger partial charge in [0.2, 0.25) is 5.91 Å². The van der Waals surface area contributed by atoms with Gasteiger partial charge in [0.15, 0.2) is 0 Å². The van der Waals surface area contributed by atoms with Gasteiger partial charge in [-0.1, -0.05) is 24.3 Å². The average Bonchev–Trinajstić information content (AvgIpc) is 3.12. The van der Waals surface area contributed by atoms with E-state index in [1.165, 1.54) is 0 Å². The third kappa shape index (κ3) is 4.18. The molecule has 1 fully saturated rings. The van der Waals surface area contributed by atoms with Crippen LogP contribution in [0.3, 0.4) is 0 Å². The van der Waals surface area contributed by atoms with Gasteiger partial charge in [-0.2, -0.15) is 0 Å². The smallest absolute Gasteiger partial charge is 0.240 e. The van der Waals surface area contributed by atoms with Crippen molar-refractivity contribution in [2.24, 2.45) is 0 Å². The number of likely N-dealkylation sites (N-methyl/N-ethyl adjacent to an activating group) is 1. The molecule has 27 heavy (non-hydrogen) atoms. The molecule has 3 heterocycles. The van der Waals surface area contributed by atoms with E-state index in [4.69, 9.17) is 0 Å². The molecule has 0 saturated carbocycles. The van der Waals surface area contributed by atoms with Crippen LogP contribution in [0.15, 0.2) is 60.9 Å². The summed E-state index contributed by atoms with van der Waals surface area (Å²) in [6.45, 7) is 5.04. The fourth-order valence-electron chi connectivity index (χ4n) is 3.49. The molecule has 6 nitrogen and oxygen atoms in total. The van der Waals surface area contributed by atoms with Crippen molar-refractivity contribution in [3.05, 3.63) is 66.6 Å². The van der Waals surface area contributed by atoms with Crippen molar-refractivity contribution in [2.45, 2.75) is 6.54 Å². The first kappa shape index (κ1) is 17.7. The summed E-state index contributed by atoms with van der Waals surface area (Å²) in [5.74, 6) is 0.134. The summed E-state index contributed by atoms with van der Waals surface area (Å²) < 4.78 is 2.06. The largest absolute Gasteiger partial charge is 0.314 e. The van der Waals surface area contributed by atoms with Gasteiger partial charge in [-0.3, -0.25) is 14.6 Å². The summed E-state index contributed by atoms with van der Waals surface area (Å²) in [7, 11) is 1.84. The van der Waals surface area contributed by atoms with Gasteiger partial charge in [0.25, 0.3) is 0 Å². The molecule has 6 heteroatoms. The quantitative estimate of drug-likeness (QED) is 0.697. The third-order valence-corrected chi connectivity index (χ3v) is 5.14. The van der Waals surface area contributed by atoms with Crippen molar-refractivity contribution in [3.8, 4) is 0 Å². The number of fused-ring (bicyclic) bond motifs is 1. The zero-order valence-electron chi connectivity index (χ0n) is 15.7. The minimum Gasteiger partial charge on any atom is -0.314 e. The number of nitrogens with zero attached hydrogens (tertiary/aromatic N) is 5. The van der Waals surface area contributed by atoms with Crippen molar-refractivity contribution in [1.82, 2.24) is 19.2 Å². The number of imidazole rings is 1. The van der Waals surface area contributed by atoms with Crippen LogP contribution in [0.25, 0.3) is 5.65 Å². The predicted octanol–water partition coefficient (Wildman–Crippen LogP) is 2.11. The lowest BCUT2D eigenvalue weighted by atomic mass is 10.2. The maximum atomic E-state index is 12.5. The van der Waals surface area contributed by atoms with E-state index in [2.05, 4.69) is 25.4 Å². The highest BCUT2D eigenvalue weighted by Crippen LogP contribution is 2.13. The number of rotatable bonds is 5. The van der Waals surface area contributed by atoms with E-state index < -0.39 is 0 Å². The third-order valence-electron chi connectivity index (χ3n) is 5.14. The average molecular weight is 363 g/mol. The van der Waals surface area contributed by atoms with Gasteiger partial charge in [-0.25, -0.2) is 4.98 Å². The number of carbonyl (C=O) groups excluding carboxylic acids is 1. The van der Waals surface area contributed by atoms with Crippen molar-refractivity contribution >= 4 is 17.2 Å². The van der Waals surface area contributed by atoms with Crippen LogP contribution in [0.2, 0.25) is 0 Å². The molecule has 1 aromatic carbocycles. The van der Waals surface area contributed by atoms with Crippen LogP contribution in [0, 0.1) is 0 Å². The maximum Gasteiger partial charge on any atom is 0.240 e. The number of pyridine rings is 1. The van der Waals surface area contributed by atoms with Crippen LogP contribution in [0.1, 0.15) is 5.69 Å². The van der Waals surface area contributed by atoms with E-state index >= 15 is 0 Å². The highest BCUT2D eigenvalue weighted by Gasteiger charge is 2.21. The molecule has 0 atom stereocenters. The summed E-state index contributed by atoms with van der Waals surface area (Å²) in [6, 6.07) is 15.8. The molecule has 4 rings (SSSR count). The van der Waals surface area contributed by atoms with Gasteiger partial charge in [-0.15, -0.1) is 0 Å². The lowest BCUT2D eigenvalue weighted by Crippen LogP contribution is -2.49. The van der Waals surface area contributed by atoms with E-state index in [1.54, 1.807) is 4.90 Å². The molecule has 0 bridgehead atoms. The number of amides is 1. The molecule has 0 unspecified atom stereocenters. The molecule has 0 radical (unpaired) electrons. The maximum absolute atomic E-state index is 12.5. The molecule has 1 aliphatic heterocycles. The molecule has 2 aromatic heterocycles. The number of para-hydroxylation sites is 1. The molecule has 0 spiro atoms. The first-order valence-corrected chi connectivity index (χ1v) is 9.38. The molecule has 0 N–H and O–H groups in total. The van der Waals surface area contributed by atoms with Crippen LogP contribution in [-0.2, 0) is 11.3 Å². The molecule has 0 aliphatic carbocycles. The van der Waals surface area contributed by atoms with E-state index in [-0.39, 0.29) is 5.91 Å². The number of anilines is 1. The molecule has 1 saturated heterocycles. The van der Waals surface area contributed by atoms with Crippen molar-refractivity contribution < 1.29 is 4.79 Å². The first-order valence-electron chi connectivity index (χ1n) is 9.38. The Kier molecular flexibility index (Phi) is 5.18. The molecular formula is C21H25N5O. The molecule has 1 aliphatic rings. The van der Waals surface area contributed by atoms with Gasteiger partial charge < -0.3 is 9.30 Å². The summed E-state index contributed by atoms with van der Waals surface area (Å²) >= 11 is 0.